The van der Waals surface area contributed by atoms with Crippen LogP contribution in [0.15, 0.2) is 53.7 Å². The number of nitrogens with one attached hydrogen (secondary N) is 2. The Hall–Kier alpha value is -3.19. The van der Waals surface area contributed by atoms with Gasteiger partial charge in [0, 0.05) is 35.8 Å². The summed E-state index contributed by atoms with van der Waals surface area (Å²) < 4.78 is 26.8. The largest absolute Gasteiger partial charge is 0.366 e. The van der Waals surface area contributed by atoms with Crippen LogP contribution in [0.25, 0.3) is 11.3 Å². The topological polar surface area (TPSA) is 74.0 Å². The second-order valence-corrected chi connectivity index (χ2v) is 7.75. The number of halogens is 3. The van der Waals surface area contributed by atoms with Crippen molar-refractivity contribution in [1.82, 2.24) is 9.97 Å². The van der Waals surface area contributed by atoms with E-state index in [4.69, 9.17) is 17.0 Å². The molecule has 2 heterocycles. The van der Waals surface area contributed by atoms with Gasteiger partial charge in [0.2, 0.25) is 0 Å². The van der Waals surface area contributed by atoms with Crippen LogP contribution >= 0.6 is 11.6 Å². The number of hydrogen-bond donors (Lipinski definition) is 2. The van der Waals surface area contributed by atoms with Gasteiger partial charge in [0.15, 0.2) is 5.82 Å². The van der Waals surface area contributed by atoms with Gasteiger partial charge in [-0.15, -0.1) is 0 Å². The molecule has 0 atom stereocenters. The minimum absolute atomic E-state index is 0.225. The molecule has 0 spiro atoms. The zero-order chi connectivity index (χ0) is 21.8. The molecule has 158 valence electrons. The van der Waals surface area contributed by atoms with Crippen LogP contribution in [0.2, 0.25) is 5.02 Å². The Morgan fingerprint density at radius 2 is 1.77 bits per heavy atom. The van der Waals surface area contributed by atoms with Crippen molar-refractivity contribution in [3.05, 3.63) is 70.9 Å². The highest BCUT2D eigenvalue weighted by Crippen LogP contribution is 2.30. The van der Waals surface area contributed by atoms with Gasteiger partial charge < -0.3 is 10.7 Å². The lowest BCUT2D eigenvalue weighted by atomic mass is 9.96. The van der Waals surface area contributed by atoms with Gasteiger partial charge in [0.05, 0.1) is 10.7 Å². The van der Waals surface area contributed by atoms with Crippen LogP contribution in [0.1, 0.15) is 31.2 Å². The first-order chi connectivity index (χ1) is 15.0. The monoisotopic (exact) mass is 439 g/mol. The Labute approximate surface area is 183 Å². The number of aromatic nitrogens is 2. The van der Waals surface area contributed by atoms with Crippen LogP contribution in [0.3, 0.4) is 0 Å². The van der Waals surface area contributed by atoms with Gasteiger partial charge >= 0.3 is 0 Å². The van der Waals surface area contributed by atoms with E-state index in [1.165, 1.54) is 12.1 Å². The molecule has 1 aliphatic carbocycles. The number of hydrogen-bond acceptors (Lipinski definition) is 5. The SMILES string of the molecule is N=C1CCC(=Nc2cc(-c3cccc(NCc4cc(F)cc(F)c4)n3)c(Cl)cn2)CC1. The van der Waals surface area contributed by atoms with Crippen LogP contribution in [0.5, 0.6) is 0 Å². The first-order valence-corrected chi connectivity index (χ1v) is 10.3. The maximum absolute atomic E-state index is 13.4. The Balaban J connectivity index is 1.54. The number of anilines is 1. The van der Waals surface area contributed by atoms with E-state index in [2.05, 4.69) is 20.3 Å². The Morgan fingerprint density at radius 3 is 2.52 bits per heavy atom. The lowest BCUT2D eigenvalue weighted by Gasteiger charge is -2.14. The summed E-state index contributed by atoms with van der Waals surface area (Å²) >= 11 is 6.37. The Kier molecular flexibility index (Phi) is 6.32. The average Bonchev–Trinajstić information content (AvgIpc) is 2.75. The summed E-state index contributed by atoms with van der Waals surface area (Å²) in [6, 6.07) is 10.6. The number of aliphatic imine (C=N–C) groups is 1. The molecule has 0 amide bonds. The van der Waals surface area contributed by atoms with Crippen molar-refractivity contribution in [1.29, 1.82) is 5.41 Å². The smallest absolute Gasteiger partial charge is 0.152 e. The van der Waals surface area contributed by atoms with E-state index in [1.807, 2.05) is 12.1 Å². The fourth-order valence-corrected chi connectivity index (χ4v) is 3.59. The Morgan fingerprint density at radius 1 is 1.03 bits per heavy atom. The van der Waals surface area contributed by atoms with Crippen molar-refractivity contribution < 1.29 is 8.78 Å². The highest BCUT2D eigenvalue weighted by Gasteiger charge is 2.13. The summed E-state index contributed by atoms with van der Waals surface area (Å²) in [5, 5.41) is 11.3. The average molecular weight is 440 g/mol. The lowest BCUT2D eigenvalue weighted by molar-refractivity contribution is 0.580. The highest BCUT2D eigenvalue weighted by molar-refractivity contribution is 6.33. The van der Waals surface area contributed by atoms with Gasteiger partial charge in [0.1, 0.15) is 17.5 Å². The highest BCUT2D eigenvalue weighted by atomic mass is 35.5. The van der Waals surface area contributed by atoms with Gasteiger partial charge in [-0.2, -0.15) is 0 Å². The molecule has 2 N–H and O–H groups in total. The summed E-state index contributed by atoms with van der Waals surface area (Å²) in [5.41, 5.74) is 3.60. The maximum Gasteiger partial charge on any atom is 0.152 e. The Bertz CT molecular complexity index is 1130. The molecule has 31 heavy (non-hydrogen) atoms. The van der Waals surface area contributed by atoms with E-state index in [1.54, 1.807) is 18.3 Å². The molecule has 0 aliphatic heterocycles. The van der Waals surface area contributed by atoms with Crippen molar-refractivity contribution in [3.63, 3.8) is 0 Å². The molecule has 1 saturated carbocycles. The zero-order valence-electron chi connectivity index (χ0n) is 16.6. The van der Waals surface area contributed by atoms with Crippen molar-refractivity contribution in [3.8, 4) is 11.3 Å². The molecular formula is C23H20ClF2N5. The summed E-state index contributed by atoms with van der Waals surface area (Å²) in [4.78, 5) is 13.5. The number of pyridine rings is 2. The van der Waals surface area contributed by atoms with Gasteiger partial charge in [-0.3, -0.25) is 0 Å². The molecule has 1 aromatic carbocycles. The van der Waals surface area contributed by atoms with Crippen molar-refractivity contribution in [2.24, 2.45) is 4.99 Å². The summed E-state index contributed by atoms with van der Waals surface area (Å²) in [6.45, 7) is 0.225. The van der Waals surface area contributed by atoms with Crippen LogP contribution < -0.4 is 5.32 Å². The molecule has 8 heteroatoms. The molecule has 3 aromatic rings. The summed E-state index contributed by atoms with van der Waals surface area (Å²) in [5.74, 6) is -0.135. The molecule has 4 rings (SSSR count). The number of nitrogens with zero attached hydrogens (tertiary/aromatic N) is 3. The third kappa shape index (κ3) is 5.49. The van der Waals surface area contributed by atoms with Crippen LogP contribution in [0, 0.1) is 17.0 Å². The quantitative estimate of drug-likeness (QED) is 0.486. The standard InChI is InChI=1S/C23H20ClF2N5/c24-20-13-29-23(30-18-6-4-17(27)5-7-18)11-19(20)21-2-1-3-22(31-21)28-12-14-8-15(25)10-16(26)9-14/h1-3,8-11,13,27H,4-7,12H2,(H,28,31). The van der Waals surface area contributed by atoms with Gasteiger partial charge in [-0.25, -0.2) is 23.7 Å². The molecule has 1 aliphatic rings. The van der Waals surface area contributed by atoms with Gasteiger partial charge in [-0.1, -0.05) is 17.7 Å². The molecule has 0 radical (unpaired) electrons. The first-order valence-electron chi connectivity index (χ1n) is 9.91. The van der Waals surface area contributed by atoms with Gasteiger partial charge in [-0.05, 0) is 61.6 Å². The molecule has 0 bridgehead atoms. The second kappa shape index (κ2) is 9.31. The lowest BCUT2D eigenvalue weighted by Crippen LogP contribution is -2.12. The fourth-order valence-electron chi connectivity index (χ4n) is 3.39. The summed E-state index contributed by atoms with van der Waals surface area (Å²) in [6.07, 6.45) is 4.58. The maximum atomic E-state index is 13.4. The predicted molar refractivity (Wildman–Crippen MR) is 119 cm³/mol. The van der Waals surface area contributed by atoms with E-state index < -0.39 is 11.6 Å². The van der Waals surface area contributed by atoms with E-state index in [9.17, 15) is 8.78 Å². The van der Waals surface area contributed by atoms with Gasteiger partial charge in [0.25, 0.3) is 0 Å². The third-order valence-corrected chi connectivity index (χ3v) is 5.27. The van der Waals surface area contributed by atoms with Crippen LogP contribution in [-0.2, 0) is 6.54 Å². The normalized spacial score (nSPS) is 13.9. The van der Waals surface area contributed by atoms with Crippen LogP contribution in [0.4, 0.5) is 20.4 Å². The fraction of sp³-hybridized carbons (Fsp3) is 0.217. The van der Waals surface area contributed by atoms with Crippen molar-refractivity contribution >= 4 is 34.7 Å². The zero-order valence-corrected chi connectivity index (χ0v) is 17.4. The number of rotatable bonds is 5. The molecule has 0 unspecified atom stereocenters. The minimum atomic E-state index is -0.619. The van der Waals surface area contributed by atoms with Crippen molar-refractivity contribution in [2.75, 3.05) is 5.32 Å². The van der Waals surface area contributed by atoms with E-state index in [0.29, 0.717) is 33.5 Å². The molecular weight excluding hydrogens is 420 g/mol. The van der Waals surface area contributed by atoms with E-state index in [-0.39, 0.29) is 6.54 Å². The van der Waals surface area contributed by atoms with Crippen molar-refractivity contribution in [2.45, 2.75) is 32.2 Å². The molecule has 5 nitrogen and oxygen atoms in total. The molecule has 2 aromatic heterocycles. The predicted octanol–water partition coefficient (Wildman–Crippen LogP) is 6.35. The van der Waals surface area contributed by atoms with E-state index >= 15 is 0 Å². The molecule has 0 saturated heterocycles. The summed E-state index contributed by atoms with van der Waals surface area (Å²) in [7, 11) is 0. The number of benzene rings is 1. The first kappa shape index (κ1) is 21.1. The minimum Gasteiger partial charge on any atom is -0.366 e. The second-order valence-electron chi connectivity index (χ2n) is 7.34. The molecule has 1 fully saturated rings. The van der Waals surface area contributed by atoms with E-state index in [0.717, 1.165) is 43.2 Å². The third-order valence-electron chi connectivity index (χ3n) is 4.97. The van der Waals surface area contributed by atoms with Crippen LogP contribution in [-0.4, -0.2) is 21.4 Å².